The maximum atomic E-state index is 9.38. The van der Waals surface area contributed by atoms with Gasteiger partial charge in [0.2, 0.25) is 0 Å². The number of aliphatic hydroxyl groups is 1. The van der Waals surface area contributed by atoms with E-state index in [0.717, 1.165) is 5.92 Å². The fraction of sp³-hybridized carbons (Fsp3) is 1.00. The lowest BCUT2D eigenvalue weighted by Crippen LogP contribution is -2.36. The van der Waals surface area contributed by atoms with Gasteiger partial charge in [-0.2, -0.15) is 0 Å². The van der Waals surface area contributed by atoms with Crippen LogP contribution in [0.4, 0.5) is 0 Å². The number of hydrogen-bond donors (Lipinski definition) is 1. The van der Waals surface area contributed by atoms with Crippen LogP contribution in [0.2, 0.25) is 0 Å². The van der Waals surface area contributed by atoms with Crippen molar-refractivity contribution >= 4 is 0 Å². The average molecular weight is 255 g/mol. The number of nitrogens with zero attached hydrogens (tertiary/aromatic N) is 1. The quantitative estimate of drug-likeness (QED) is 0.600. The molecule has 1 rings (SSSR count). The molecule has 0 amide bonds. The molecule has 0 saturated carbocycles. The molecule has 1 aliphatic heterocycles. The number of likely N-dealkylation sites (tertiary alicyclic amines) is 1. The average Bonchev–Trinajstić information content (AvgIpc) is 2.82. The molecule has 0 aliphatic carbocycles. The van der Waals surface area contributed by atoms with Crippen LogP contribution in [0.1, 0.15) is 71.6 Å². The maximum Gasteiger partial charge on any atom is 0.0586 e. The molecular formula is C16H33NO. The van der Waals surface area contributed by atoms with Gasteiger partial charge in [-0.15, -0.1) is 0 Å². The zero-order valence-electron chi connectivity index (χ0n) is 12.5. The van der Waals surface area contributed by atoms with Gasteiger partial charge in [0.25, 0.3) is 0 Å². The van der Waals surface area contributed by atoms with Gasteiger partial charge >= 0.3 is 0 Å². The van der Waals surface area contributed by atoms with Gasteiger partial charge in [-0.3, -0.25) is 4.90 Å². The first-order valence-corrected chi connectivity index (χ1v) is 8.16. The molecule has 2 heteroatoms. The third kappa shape index (κ3) is 5.71. The summed E-state index contributed by atoms with van der Waals surface area (Å²) in [6.07, 6.45) is 12.1. The lowest BCUT2D eigenvalue weighted by Gasteiger charge is -2.28. The Hall–Kier alpha value is -0.0800. The second-order valence-electron chi connectivity index (χ2n) is 5.98. The van der Waals surface area contributed by atoms with Crippen molar-refractivity contribution in [2.75, 3.05) is 19.7 Å². The summed E-state index contributed by atoms with van der Waals surface area (Å²) in [6.45, 7) is 7.37. The van der Waals surface area contributed by atoms with Crippen LogP contribution in [0.5, 0.6) is 0 Å². The Labute approximate surface area is 114 Å². The summed E-state index contributed by atoms with van der Waals surface area (Å²) < 4.78 is 0. The zero-order chi connectivity index (χ0) is 13.2. The van der Waals surface area contributed by atoms with Crippen molar-refractivity contribution in [1.82, 2.24) is 4.90 Å². The summed E-state index contributed by atoms with van der Waals surface area (Å²) in [5.74, 6) is 0.860. The van der Waals surface area contributed by atoms with Crippen molar-refractivity contribution in [3.63, 3.8) is 0 Å². The highest BCUT2D eigenvalue weighted by Crippen LogP contribution is 2.23. The Bertz CT molecular complexity index is 196. The molecule has 0 bridgehead atoms. The van der Waals surface area contributed by atoms with Gasteiger partial charge in [0, 0.05) is 12.6 Å². The number of aliphatic hydroxyl groups excluding tert-OH is 1. The standard InChI is InChI=1S/C16H33NO/c1-3-5-6-7-10-15(9-4-2)13-17-12-8-11-16(17)14-18/h15-16,18H,3-14H2,1-2H3/t15-,16+/m1/s1. The van der Waals surface area contributed by atoms with Gasteiger partial charge in [-0.1, -0.05) is 46.0 Å². The van der Waals surface area contributed by atoms with E-state index in [4.69, 9.17) is 0 Å². The van der Waals surface area contributed by atoms with Gasteiger partial charge in [0.1, 0.15) is 0 Å². The molecule has 1 saturated heterocycles. The summed E-state index contributed by atoms with van der Waals surface area (Å²) in [5, 5.41) is 9.38. The molecule has 0 aromatic rings. The van der Waals surface area contributed by atoms with Crippen LogP contribution >= 0.6 is 0 Å². The molecule has 1 aliphatic rings. The first-order valence-electron chi connectivity index (χ1n) is 8.16. The predicted octanol–water partition coefficient (Wildman–Crippen LogP) is 3.83. The van der Waals surface area contributed by atoms with Crippen LogP contribution < -0.4 is 0 Å². The van der Waals surface area contributed by atoms with E-state index in [1.165, 1.54) is 70.9 Å². The fourth-order valence-corrected chi connectivity index (χ4v) is 3.27. The van der Waals surface area contributed by atoms with Crippen molar-refractivity contribution in [2.24, 2.45) is 5.92 Å². The summed E-state index contributed by atoms with van der Waals surface area (Å²) in [6, 6.07) is 0.458. The van der Waals surface area contributed by atoms with Crippen molar-refractivity contribution < 1.29 is 5.11 Å². The van der Waals surface area contributed by atoms with Crippen LogP contribution in [0, 0.1) is 5.92 Å². The Kier molecular flexibility index (Phi) is 8.70. The lowest BCUT2D eigenvalue weighted by atomic mass is 9.95. The van der Waals surface area contributed by atoms with Gasteiger partial charge in [-0.25, -0.2) is 0 Å². The first kappa shape index (κ1) is 16.0. The minimum absolute atomic E-state index is 0.356. The van der Waals surface area contributed by atoms with Crippen LogP contribution in [0.3, 0.4) is 0 Å². The van der Waals surface area contributed by atoms with Crippen molar-refractivity contribution in [3.8, 4) is 0 Å². The van der Waals surface area contributed by atoms with E-state index < -0.39 is 0 Å². The van der Waals surface area contributed by atoms with Crippen molar-refractivity contribution in [1.29, 1.82) is 0 Å². The number of rotatable bonds is 10. The van der Waals surface area contributed by atoms with E-state index >= 15 is 0 Å². The summed E-state index contributed by atoms with van der Waals surface area (Å²) in [4.78, 5) is 2.54. The molecule has 2 nitrogen and oxygen atoms in total. The topological polar surface area (TPSA) is 23.5 Å². The van der Waals surface area contributed by atoms with E-state index in [-0.39, 0.29) is 0 Å². The molecule has 2 atom stereocenters. The number of hydrogen-bond acceptors (Lipinski definition) is 2. The van der Waals surface area contributed by atoms with Crippen LogP contribution in [-0.4, -0.2) is 35.7 Å². The molecule has 0 unspecified atom stereocenters. The molecule has 0 spiro atoms. The molecule has 1 N–H and O–H groups in total. The highest BCUT2D eigenvalue weighted by atomic mass is 16.3. The summed E-state index contributed by atoms with van der Waals surface area (Å²) in [5.41, 5.74) is 0. The van der Waals surface area contributed by atoms with Gasteiger partial charge < -0.3 is 5.11 Å². The first-order chi connectivity index (χ1) is 8.81. The molecule has 0 radical (unpaired) electrons. The second kappa shape index (κ2) is 9.80. The second-order valence-corrected chi connectivity index (χ2v) is 5.98. The Morgan fingerprint density at radius 1 is 1.11 bits per heavy atom. The van der Waals surface area contributed by atoms with Crippen LogP contribution in [-0.2, 0) is 0 Å². The predicted molar refractivity (Wildman–Crippen MR) is 78.8 cm³/mol. The maximum absolute atomic E-state index is 9.38. The van der Waals surface area contributed by atoms with Crippen LogP contribution in [0.25, 0.3) is 0 Å². The Morgan fingerprint density at radius 3 is 2.61 bits per heavy atom. The van der Waals surface area contributed by atoms with E-state index in [2.05, 4.69) is 18.7 Å². The molecule has 1 heterocycles. The third-order valence-corrected chi connectivity index (χ3v) is 4.37. The highest BCUT2D eigenvalue weighted by molar-refractivity contribution is 4.80. The third-order valence-electron chi connectivity index (χ3n) is 4.37. The minimum Gasteiger partial charge on any atom is -0.395 e. The minimum atomic E-state index is 0.356. The largest absolute Gasteiger partial charge is 0.395 e. The molecule has 0 aromatic carbocycles. The smallest absolute Gasteiger partial charge is 0.0586 e. The van der Waals surface area contributed by atoms with Crippen molar-refractivity contribution in [2.45, 2.75) is 77.7 Å². The normalized spacial score (nSPS) is 22.5. The molecule has 18 heavy (non-hydrogen) atoms. The summed E-state index contributed by atoms with van der Waals surface area (Å²) >= 11 is 0. The molecule has 0 aromatic heterocycles. The van der Waals surface area contributed by atoms with E-state index in [1.54, 1.807) is 0 Å². The van der Waals surface area contributed by atoms with Gasteiger partial charge in [0.05, 0.1) is 6.61 Å². The van der Waals surface area contributed by atoms with Crippen LogP contribution in [0.15, 0.2) is 0 Å². The van der Waals surface area contributed by atoms with E-state index in [1.807, 2.05) is 0 Å². The van der Waals surface area contributed by atoms with Gasteiger partial charge in [-0.05, 0) is 38.1 Å². The molecule has 108 valence electrons. The van der Waals surface area contributed by atoms with E-state index in [9.17, 15) is 5.11 Å². The Balaban J connectivity index is 2.27. The summed E-state index contributed by atoms with van der Waals surface area (Å²) in [7, 11) is 0. The lowest BCUT2D eigenvalue weighted by molar-refractivity contribution is 0.136. The number of unbranched alkanes of at least 4 members (excludes halogenated alkanes) is 3. The zero-order valence-corrected chi connectivity index (χ0v) is 12.5. The Morgan fingerprint density at radius 2 is 1.94 bits per heavy atom. The SMILES string of the molecule is CCCCCC[C@@H](CCC)CN1CCC[C@H]1CO. The molecular weight excluding hydrogens is 222 g/mol. The van der Waals surface area contributed by atoms with Gasteiger partial charge in [0.15, 0.2) is 0 Å². The van der Waals surface area contributed by atoms with Crippen molar-refractivity contribution in [3.05, 3.63) is 0 Å². The fourth-order valence-electron chi connectivity index (χ4n) is 3.27. The van der Waals surface area contributed by atoms with E-state index in [0.29, 0.717) is 12.6 Å². The highest BCUT2D eigenvalue weighted by Gasteiger charge is 2.25. The monoisotopic (exact) mass is 255 g/mol. The molecule has 1 fully saturated rings.